The van der Waals surface area contributed by atoms with Gasteiger partial charge in [-0.1, -0.05) is 6.07 Å². The Labute approximate surface area is 119 Å². The van der Waals surface area contributed by atoms with E-state index in [4.69, 9.17) is 0 Å². The standard InChI is InChI=1S/C16H18N4/c1-11-12(2)20(10-19-11)16-6-3-13(7-14(16)8-17)9-18-15-4-5-15/h3,6-7,10,15,18H,4-5,9H2,1-2H3. The summed E-state index contributed by atoms with van der Waals surface area (Å²) in [5.74, 6) is 0. The van der Waals surface area contributed by atoms with Gasteiger partial charge < -0.3 is 9.88 Å². The van der Waals surface area contributed by atoms with Crippen LogP contribution in [0.25, 0.3) is 5.69 Å². The average Bonchev–Trinajstić information content (AvgIpc) is 3.24. The third-order valence-electron chi connectivity index (χ3n) is 3.86. The Balaban J connectivity index is 1.91. The molecule has 0 radical (unpaired) electrons. The fraction of sp³-hybridized carbons (Fsp3) is 0.375. The minimum atomic E-state index is 0.679. The first-order chi connectivity index (χ1) is 9.69. The molecule has 102 valence electrons. The topological polar surface area (TPSA) is 53.6 Å². The van der Waals surface area contributed by atoms with Crippen molar-refractivity contribution in [3.8, 4) is 11.8 Å². The van der Waals surface area contributed by atoms with Gasteiger partial charge in [-0.2, -0.15) is 5.26 Å². The molecular formula is C16H18N4. The SMILES string of the molecule is Cc1ncn(-c2ccc(CNC3CC3)cc2C#N)c1C. The van der Waals surface area contributed by atoms with Gasteiger partial charge in [0.05, 0.1) is 23.3 Å². The molecule has 1 fully saturated rings. The molecule has 1 aliphatic carbocycles. The molecule has 0 saturated heterocycles. The van der Waals surface area contributed by atoms with E-state index < -0.39 is 0 Å². The largest absolute Gasteiger partial charge is 0.310 e. The monoisotopic (exact) mass is 266 g/mol. The van der Waals surface area contributed by atoms with Crippen molar-refractivity contribution in [2.75, 3.05) is 0 Å². The zero-order valence-corrected chi connectivity index (χ0v) is 11.8. The highest BCUT2D eigenvalue weighted by atomic mass is 15.1. The fourth-order valence-corrected chi connectivity index (χ4v) is 2.28. The van der Waals surface area contributed by atoms with E-state index in [9.17, 15) is 5.26 Å². The zero-order chi connectivity index (χ0) is 14.1. The van der Waals surface area contributed by atoms with Gasteiger partial charge in [0.25, 0.3) is 0 Å². The van der Waals surface area contributed by atoms with E-state index in [1.165, 1.54) is 12.8 Å². The van der Waals surface area contributed by atoms with Crippen molar-refractivity contribution in [3.63, 3.8) is 0 Å². The Bertz CT molecular complexity index is 674. The van der Waals surface area contributed by atoms with Gasteiger partial charge >= 0.3 is 0 Å². The molecule has 1 heterocycles. The molecule has 1 aromatic carbocycles. The number of nitriles is 1. The van der Waals surface area contributed by atoms with Crippen LogP contribution in [0.2, 0.25) is 0 Å². The van der Waals surface area contributed by atoms with Crippen LogP contribution in [0.4, 0.5) is 0 Å². The Morgan fingerprint density at radius 1 is 1.40 bits per heavy atom. The van der Waals surface area contributed by atoms with Crippen LogP contribution in [0.1, 0.15) is 35.4 Å². The Morgan fingerprint density at radius 2 is 2.20 bits per heavy atom. The maximum Gasteiger partial charge on any atom is 0.101 e. The van der Waals surface area contributed by atoms with E-state index in [1.807, 2.05) is 30.5 Å². The summed E-state index contributed by atoms with van der Waals surface area (Å²) in [6, 6.07) is 9.04. The smallest absolute Gasteiger partial charge is 0.101 e. The quantitative estimate of drug-likeness (QED) is 0.925. The molecule has 2 aromatic rings. The lowest BCUT2D eigenvalue weighted by Gasteiger charge is -2.10. The second-order valence-corrected chi connectivity index (χ2v) is 5.40. The predicted octanol–water partition coefficient (Wildman–Crippen LogP) is 2.61. The summed E-state index contributed by atoms with van der Waals surface area (Å²) < 4.78 is 1.98. The summed E-state index contributed by atoms with van der Waals surface area (Å²) in [7, 11) is 0. The molecule has 0 aliphatic heterocycles. The molecule has 1 aliphatic rings. The number of hydrogen-bond donors (Lipinski definition) is 1. The van der Waals surface area contributed by atoms with Gasteiger partial charge in [0.15, 0.2) is 0 Å². The number of rotatable bonds is 4. The van der Waals surface area contributed by atoms with Crippen molar-refractivity contribution in [1.82, 2.24) is 14.9 Å². The molecule has 0 amide bonds. The minimum Gasteiger partial charge on any atom is -0.310 e. The van der Waals surface area contributed by atoms with Gasteiger partial charge in [-0.05, 0) is 44.4 Å². The van der Waals surface area contributed by atoms with Crippen molar-refractivity contribution < 1.29 is 0 Å². The van der Waals surface area contributed by atoms with Gasteiger partial charge in [-0.3, -0.25) is 0 Å². The molecule has 3 rings (SSSR count). The van der Waals surface area contributed by atoms with E-state index in [0.717, 1.165) is 29.2 Å². The maximum atomic E-state index is 9.39. The van der Waals surface area contributed by atoms with Gasteiger partial charge in [0, 0.05) is 18.3 Å². The van der Waals surface area contributed by atoms with Crippen LogP contribution in [-0.2, 0) is 6.54 Å². The maximum absolute atomic E-state index is 9.39. The average molecular weight is 266 g/mol. The normalized spacial score (nSPS) is 14.2. The second-order valence-electron chi connectivity index (χ2n) is 5.40. The number of aryl methyl sites for hydroxylation is 1. The van der Waals surface area contributed by atoms with Crippen molar-refractivity contribution >= 4 is 0 Å². The van der Waals surface area contributed by atoms with Crippen LogP contribution in [0.15, 0.2) is 24.5 Å². The lowest BCUT2D eigenvalue weighted by Crippen LogP contribution is -2.15. The second kappa shape index (κ2) is 5.10. The predicted molar refractivity (Wildman–Crippen MR) is 77.6 cm³/mol. The van der Waals surface area contributed by atoms with Gasteiger partial charge in [-0.25, -0.2) is 4.98 Å². The van der Waals surface area contributed by atoms with Crippen molar-refractivity contribution in [2.24, 2.45) is 0 Å². The highest BCUT2D eigenvalue weighted by molar-refractivity contribution is 5.51. The van der Waals surface area contributed by atoms with Crippen molar-refractivity contribution in [3.05, 3.63) is 47.0 Å². The van der Waals surface area contributed by atoms with Crippen LogP contribution < -0.4 is 5.32 Å². The Morgan fingerprint density at radius 3 is 2.80 bits per heavy atom. The van der Waals surface area contributed by atoms with E-state index in [0.29, 0.717) is 11.6 Å². The summed E-state index contributed by atoms with van der Waals surface area (Å²) in [6.45, 7) is 4.83. The summed E-state index contributed by atoms with van der Waals surface area (Å²) in [4.78, 5) is 4.30. The first kappa shape index (κ1) is 12.9. The molecule has 1 aromatic heterocycles. The summed E-state index contributed by atoms with van der Waals surface area (Å²) >= 11 is 0. The first-order valence-electron chi connectivity index (χ1n) is 6.96. The Hall–Kier alpha value is -2.12. The Kier molecular flexibility index (Phi) is 3.29. The number of hydrogen-bond acceptors (Lipinski definition) is 3. The molecular weight excluding hydrogens is 248 g/mol. The van der Waals surface area contributed by atoms with Gasteiger partial charge in [-0.15, -0.1) is 0 Å². The van der Waals surface area contributed by atoms with Crippen molar-refractivity contribution in [1.29, 1.82) is 5.26 Å². The highest BCUT2D eigenvalue weighted by Crippen LogP contribution is 2.22. The molecule has 4 heteroatoms. The molecule has 0 unspecified atom stereocenters. The first-order valence-corrected chi connectivity index (χ1v) is 6.96. The van der Waals surface area contributed by atoms with E-state index in [2.05, 4.69) is 22.4 Å². The molecule has 20 heavy (non-hydrogen) atoms. The lowest BCUT2D eigenvalue weighted by atomic mass is 10.1. The number of aromatic nitrogens is 2. The number of imidazole rings is 1. The minimum absolute atomic E-state index is 0.679. The molecule has 1 N–H and O–H groups in total. The summed E-state index contributed by atoms with van der Waals surface area (Å²) in [5.41, 5.74) is 4.83. The number of nitrogens with zero attached hydrogens (tertiary/aromatic N) is 3. The molecule has 0 spiro atoms. The number of nitrogens with one attached hydrogen (secondary N) is 1. The zero-order valence-electron chi connectivity index (χ0n) is 11.8. The fourth-order valence-electron chi connectivity index (χ4n) is 2.28. The van der Waals surface area contributed by atoms with Crippen molar-refractivity contribution in [2.45, 2.75) is 39.3 Å². The summed E-state index contributed by atoms with van der Waals surface area (Å²) in [5, 5.41) is 12.9. The van der Waals surface area contributed by atoms with E-state index >= 15 is 0 Å². The van der Waals surface area contributed by atoms with Crippen LogP contribution in [-0.4, -0.2) is 15.6 Å². The third-order valence-corrected chi connectivity index (χ3v) is 3.86. The van der Waals surface area contributed by atoms with E-state index in [1.54, 1.807) is 6.33 Å². The summed E-state index contributed by atoms with van der Waals surface area (Å²) in [6.07, 6.45) is 4.33. The van der Waals surface area contributed by atoms with Crippen LogP contribution in [0.3, 0.4) is 0 Å². The van der Waals surface area contributed by atoms with E-state index in [-0.39, 0.29) is 0 Å². The van der Waals surface area contributed by atoms with Crippen LogP contribution >= 0.6 is 0 Å². The van der Waals surface area contributed by atoms with Crippen LogP contribution in [0, 0.1) is 25.2 Å². The number of benzene rings is 1. The lowest BCUT2D eigenvalue weighted by molar-refractivity contribution is 0.687. The molecule has 0 bridgehead atoms. The van der Waals surface area contributed by atoms with Crippen LogP contribution in [0.5, 0.6) is 0 Å². The van der Waals surface area contributed by atoms with Gasteiger partial charge in [0.1, 0.15) is 6.07 Å². The molecule has 4 nitrogen and oxygen atoms in total. The molecule has 1 saturated carbocycles. The third kappa shape index (κ3) is 2.45. The molecule has 0 atom stereocenters. The highest BCUT2D eigenvalue weighted by Gasteiger charge is 2.20. The van der Waals surface area contributed by atoms with Gasteiger partial charge in [0.2, 0.25) is 0 Å².